The van der Waals surface area contributed by atoms with E-state index in [0.29, 0.717) is 25.7 Å². The van der Waals surface area contributed by atoms with Gasteiger partial charge in [-0.05, 0) is 37.8 Å². The zero-order chi connectivity index (χ0) is 26.1. The van der Waals surface area contributed by atoms with Gasteiger partial charge < -0.3 is 10.2 Å². The zero-order valence-electron chi connectivity index (χ0n) is 20.5. The number of rotatable bonds is 5. The summed E-state index contributed by atoms with van der Waals surface area (Å²) in [5.74, 6) is -2.46. The fraction of sp³-hybridized carbons (Fsp3) is 0.500. The van der Waals surface area contributed by atoms with Gasteiger partial charge in [0.25, 0.3) is 11.1 Å². The van der Waals surface area contributed by atoms with Gasteiger partial charge in [0.05, 0.1) is 22.7 Å². The molecule has 5 rings (SSSR count). The van der Waals surface area contributed by atoms with Gasteiger partial charge in [-0.1, -0.05) is 44.6 Å². The van der Waals surface area contributed by atoms with Crippen LogP contribution in [-0.4, -0.2) is 34.3 Å². The molecule has 0 spiro atoms. The smallest absolute Gasteiger partial charge is 0.331 e. The van der Waals surface area contributed by atoms with Crippen molar-refractivity contribution in [1.29, 1.82) is 0 Å². The molecule has 3 aromatic heterocycles. The lowest BCUT2D eigenvalue weighted by atomic mass is 9.89. The van der Waals surface area contributed by atoms with Crippen LogP contribution in [0.3, 0.4) is 0 Å². The Morgan fingerprint density at radius 2 is 1.19 bits per heavy atom. The molecule has 11 nitrogen and oxygen atoms in total. The summed E-state index contributed by atoms with van der Waals surface area (Å²) < 4.78 is 2.35. The summed E-state index contributed by atoms with van der Waals surface area (Å²) >= 11 is 0. The largest absolute Gasteiger partial charge is 0.494 e. The van der Waals surface area contributed by atoms with E-state index in [0.717, 1.165) is 38.5 Å². The van der Waals surface area contributed by atoms with E-state index < -0.39 is 40.2 Å². The standard InChI is InChI=1S/C26H31N5O6/c32-21-19(23(34)30(25(36)28-21)15-9-3-1-4-10-15)18(17-13-7-8-14-27-17)20-22(33)29-26(37)31(24(20)35)16-11-5-2-6-12-16/h7-8,13-16,18,34-35H,1-6,9-12H2,(H,28,32,36)(H,29,33,37). The first kappa shape index (κ1) is 24.8. The molecule has 0 aliphatic heterocycles. The summed E-state index contributed by atoms with van der Waals surface area (Å²) in [6.45, 7) is 0. The summed E-state index contributed by atoms with van der Waals surface area (Å²) in [7, 11) is 0. The number of H-pyrrole nitrogens is 2. The third-order valence-electron chi connectivity index (χ3n) is 7.75. The molecule has 3 heterocycles. The van der Waals surface area contributed by atoms with Crippen LogP contribution in [0.1, 0.15) is 99.0 Å². The second-order valence-corrected chi connectivity index (χ2v) is 10.0. The molecule has 4 N–H and O–H groups in total. The highest BCUT2D eigenvalue weighted by molar-refractivity contribution is 5.46. The number of pyridine rings is 1. The molecule has 2 aliphatic rings. The molecule has 0 unspecified atom stereocenters. The fourth-order valence-corrected chi connectivity index (χ4v) is 5.97. The lowest BCUT2D eigenvalue weighted by Gasteiger charge is -2.28. The van der Waals surface area contributed by atoms with Crippen molar-refractivity contribution in [2.45, 2.75) is 82.2 Å². The predicted molar refractivity (Wildman–Crippen MR) is 135 cm³/mol. The molecule has 196 valence electrons. The van der Waals surface area contributed by atoms with Gasteiger partial charge in [0.2, 0.25) is 11.8 Å². The van der Waals surface area contributed by atoms with Gasteiger partial charge in [0.1, 0.15) is 0 Å². The van der Waals surface area contributed by atoms with Crippen molar-refractivity contribution in [2.75, 3.05) is 0 Å². The summed E-state index contributed by atoms with van der Waals surface area (Å²) in [4.78, 5) is 61.0. The fourth-order valence-electron chi connectivity index (χ4n) is 5.97. The quantitative estimate of drug-likeness (QED) is 0.410. The Kier molecular flexibility index (Phi) is 6.86. The molecular weight excluding hydrogens is 478 g/mol. The van der Waals surface area contributed by atoms with Crippen molar-refractivity contribution < 1.29 is 10.2 Å². The number of hydrogen-bond donors (Lipinski definition) is 4. The molecule has 0 aromatic carbocycles. The summed E-state index contributed by atoms with van der Waals surface area (Å²) in [6.07, 6.45) is 9.64. The van der Waals surface area contributed by atoms with E-state index in [2.05, 4.69) is 15.0 Å². The molecule has 2 saturated carbocycles. The third kappa shape index (κ3) is 4.54. The zero-order valence-corrected chi connectivity index (χ0v) is 20.5. The Morgan fingerprint density at radius 1 is 0.730 bits per heavy atom. The van der Waals surface area contributed by atoms with Crippen LogP contribution in [0.4, 0.5) is 0 Å². The van der Waals surface area contributed by atoms with E-state index in [4.69, 9.17) is 0 Å². The van der Waals surface area contributed by atoms with Crippen LogP contribution in [0.15, 0.2) is 43.6 Å². The lowest BCUT2D eigenvalue weighted by molar-refractivity contribution is 0.291. The SMILES string of the molecule is O=c1[nH]c(=O)n(C2CCCCC2)c(O)c1C(c1ccccn1)c1c(O)n(C2CCCCC2)c(=O)[nH]c1=O. The van der Waals surface area contributed by atoms with Crippen LogP contribution in [-0.2, 0) is 0 Å². The van der Waals surface area contributed by atoms with Crippen LogP contribution < -0.4 is 22.5 Å². The van der Waals surface area contributed by atoms with Crippen molar-refractivity contribution in [2.24, 2.45) is 0 Å². The molecular formula is C26H31N5O6. The lowest BCUT2D eigenvalue weighted by Crippen LogP contribution is -2.39. The number of nitrogens with zero attached hydrogens (tertiary/aromatic N) is 3. The molecule has 37 heavy (non-hydrogen) atoms. The second kappa shape index (κ2) is 10.2. The number of hydrogen-bond acceptors (Lipinski definition) is 7. The second-order valence-electron chi connectivity index (χ2n) is 10.0. The molecule has 0 atom stereocenters. The van der Waals surface area contributed by atoms with E-state index in [-0.39, 0.29) is 28.9 Å². The van der Waals surface area contributed by atoms with Crippen molar-refractivity contribution in [1.82, 2.24) is 24.1 Å². The van der Waals surface area contributed by atoms with Crippen LogP contribution in [0.5, 0.6) is 11.8 Å². The highest BCUT2D eigenvalue weighted by atomic mass is 16.3. The maximum absolute atomic E-state index is 13.2. The molecule has 11 heteroatoms. The van der Waals surface area contributed by atoms with Crippen LogP contribution in [0.2, 0.25) is 0 Å². The molecule has 3 aromatic rings. The first-order valence-corrected chi connectivity index (χ1v) is 12.9. The Bertz CT molecular complexity index is 1410. The van der Waals surface area contributed by atoms with Gasteiger partial charge in [0, 0.05) is 18.3 Å². The Hall–Kier alpha value is -3.89. The minimum atomic E-state index is -1.33. The Labute approximate surface area is 211 Å². The average Bonchev–Trinajstić information content (AvgIpc) is 2.89. The monoisotopic (exact) mass is 509 g/mol. The van der Waals surface area contributed by atoms with Crippen LogP contribution in [0.25, 0.3) is 0 Å². The number of nitrogens with one attached hydrogen (secondary N) is 2. The highest BCUT2D eigenvalue weighted by Gasteiger charge is 2.35. The van der Waals surface area contributed by atoms with Gasteiger partial charge >= 0.3 is 11.4 Å². The van der Waals surface area contributed by atoms with E-state index >= 15 is 0 Å². The Morgan fingerprint density at radius 3 is 1.59 bits per heavy atom. The van der Waals surface area contributed by atoms with Gasteiger partial charge in [0.15, 0.2) is 0 Å². The number of aromatic hydroxyl groups is 2. The minimum absolute atomic E-state index is 0.201. The maximum Gasteiger partial charge on any atom is 0.331 e. The first-order valence-electron chi connectivity index (χ1n) is 12.9. The molecule has 2 aliphatic carbocycles. The topological polar surface area (TPSA) is 163 Å². The maximum atomic E-state index is 13.2. The molecule has 0 bridgehead atoms. The number of aromatic amines is 2. The van der Waals surface area contributed by atoms with Gasteiger partial charge in [-0.3, -0.25) is 33.7 Å². The highest BCUT2D eigenvalue weighted by Crippen LogP contribution is 2.39. The van der Waals surface area contributed by atoms with E-state index in [1.54, 1.807) is 18.2 Å². The van der Waals surface area contributed by atoms with Crippen LogP contribution >= 0.6 is 0 Å². The predicted octanol–water partition coefficient (Wildman–Crippen LogP) is 2.38. The van der Waals surface area contributed by atoms with Crippen molar-refractivity contribution >= 4 is 0 Å². The molecule has 0 amide bonds. The number of aromatic nitrogens is 5. The van der Waals surface area contributed by atoms with Gasteiger partial charge in [-0.15, -0.1) is 0 Å². The average molecular weight is 510 g/mol. The van der Waals surface area contributed by atoms with E-state index in [1.165, 1.54) is 15.3 Å². The summed E-state index contributed by atoms with van der Waals surface area (Å²) in [5, 5.41) is 22.8. The summed E-state index contributed by atoms with van der Waals surface area (Å²) in [6, 6.07) is 4.24. The molecule has 0 radical (unpaired) electrons. The van der Waals surface area contributed by atoms with Crippen molar-refractivity contribution in [3.8, 4) is 11.8 Å². The van der Waals surface area contributed by atoms with Gasteiger partial charge in [-0.2, -0.15) is 0 Å². The normalized spacial score (nSPS) is 17.3. The van der Waals surface area contributed by atoms with Crippen molar-refractivity contribution in [3.63, 3.8) is 0 Å². The molecule has 0 saturated heterocycles. The molecule has 2 fully saturated rings. The minimum Gasteiger partial charge on any atom is -0.494 e. The van der Waals surface area contributed by atoms with Crippen molar-refractivity contribution in [3.05, 3.63) is 82.9 Å². The summed E-state index contributed by atoms with van der Waals surface area (Å²) in [5.41, 5.74) is -3.60. The van der Waals surface area contributed by atoms with E-state index in [9.17, 15) is 29.4 Å². The van der Waals surface area contributed by atoms with Gasteiger partial charge in [-0.25, -0.2) is 9.59 Å². The Balaban J connectivity index is 1.79. The van der Waals surface area contributed by atoms with Crippen LogP contribution in [0, 0.1) is 0 Å². The first-order chi connectivity index (χ1) is 17.9. The third-order valence-corrected chi connectivity index (χ3v) is 7.75. The van der Waals surface area contributed by atoms with E-state index in [1.807, 2.05) is 0 Å².